The second-order valence-electron chi connectivity index (χ2n) is 3.92. The van der Waals surface area contributed by atoms with Crippen LogP contribution in [0, 0.1) is 0 Å². The molecule has 0 radical (unpaired) electrons. The first-order valence-electron chi connectivity index (χ1n) is 5.32. The second-order valence-corrected chi connectivity index (χ2v) is 4.78. The Labute approximate surface area is 101 Å². The Hall–Kier alpha value is -0.540. The molecule has 0 aliphatic carbocycles. The lowest BCUT2D eigenvalue weighted by atomic mass is 10.1. The van der Waals surface area contributed by atoms with E-state index >= 15 is 0 Å². The molecular weight excluding hydrogens is 252 g/mol. The van der Waals surface area contributed by atoms with Crippen molar-refractivity contribution in [3.05, 3.63) is 28.2 Å². The van der Waals surface area contributed by atoms with Crippen molar-refractivity contribution in [2.24, 2.45) is 5.73 Å². The molecule has 1 atom stereocenters. The Kier molecular flexibility index (Phi) is 4.61. The third kappa shape index (κ3) is 3.21. The number of rotatable bonds is 4. The molecule has 0 amide bonds. The number of nitrogens with two attached hydrogens (primary N) is 1. The fraction of sp³-hybridized carbons (Fsp3) is 0.500. The molecule has 0 aromatic heterocycles. The van der Waals surface area contributed by atoms with Gasteiger partial charge in [0.2, 0.25) is 0 Å². The summed E-state index contributed by atoms with van der Waals surface area (Å²) in [7, 11) is 2.11. The molecule has 0 aliphatic heterocycles. The predicted octanol–water partition coefficient (Wildman–Crippen LogP) is 3.32. The third-order valence-electron chi connectivity index (χ3n) is 2.47. The van der Waals surface area contributed by atoms with E-state index < -0.39 is 0 Å². The fourth-order valence-corrected chi connectivity index (χ4v) is 2.27. The van der Waals surface area contributed by atoms with Crippen LogP contribution in [0.5, 0.6) is 0 Å². The van der Waals surface area contributed by atoms with E-state index in [0.717, 1.165) is 23.0 Å². The molecule has 1 rings (SSSR count). The number of hydrogen-bond donors (Lipinski definition) is 1. The van der Waals surface area contributed by atoms with E-state index in [2.05, 4.69) is 53.0 Å². The summed E-state index contributed by atoms with van der Waals surface area (Å²) >= 11 is 3.59. The highest BCUT2D eigenvalue weighted by atomic mass is 79.9. The number of anilines is 1. The normalized spacial score (nSPS) is 12.6. The molecule has 0 heterocycles. The molecule has 2 N–H and O–H groups in total. The number of hydrogen-bond acceptors (Lipinski definition) is 2. The Morgan fingerprint density at radius 2 is 2.13 bits per heavy atom. The Morgan fingerprint density at radius 3 is 2.60 bits per heavy atom. The van der Waals surface area contributed by atoms with Crippen LogP contribution in [0.15, 0.2) is 22.7 Å². The highest BCUT2D eigenvalue weighted by molar-refractivity contribution is 9.10. The SMILES string of the molecule is CCCN(C)c1ccc([C@H](C)N)cc1Br. The monoisotopic (exact) mass is 270 g/mol. The smallest absolute Gasteiger partial charge is 0.0508 e. The molecule has 0 aliphatic rings. The summed E-state index contributed by atoms with van der Waals surface area (Å²) in [4.78, 5) is 2.25. The van der Waals surface area contributed by atoms with Crippen molar-refractivity contribution in [1.82, 2.24) is 0 Å². The number of benzene rings is 1. The minimum absolute atomic E-state index is 0.0897. The third-order valence-corrected chi connectivity index (χ3v) is 3.10. The highest BCUT2D eigenvalue weighted by Crippen LogP contribution is 2.28. The summed E-state index contributed by atoms with van der Waals surface area (Å²) in [6, 6.07) is 6.41. The second kappa shape index (κ2) is 5.52. The Morgan fingerprint density at radius 1 is 1.47 bits per heavy atom. The van der Waals surface area contributed by atoms with Gasteiger partial charge >= 0.3 is 0 Å². The molecule has 0 spiro atoms. The minimum atomic E-state index is 0.0897. The van der Waals surface area contributed by atoms with Gasteiger partial charge in [0, 0.05) is 24.1 Å². The largest absolute Gasteiger partial charge is 0.374 e. The van der Waals surface area contributed by atoms with Gasteiger partial charge in [0.1, 0.15) is 0 Å². The van der Waals surface area contributed by atoms with E-state index in [1.807, 2.05) is 6.92 Å². The maximum Gasteiger partial charge on any atom is 0.0508 e. The lowest BCUT2D eigenvalue weighted by Gasteiger charge is -2.21. The standard InChI is InChI=1S/C12H19BrN2/c1-4-7-15(3)12-6-5-10(9(2)14)8-11(12)13/h5-6,8-9H,4,7,14H2,1-3H3/t9-/m0/s1. The summed E-state index contributed by atoms with van der Waals surface area (Å²) < 4.78 is 1.12. The van der Waals surface area contributed by atoms with Crippen LogP contribution in [0.2, 0.25) is 0 Å². The van der Waals surface area contributed by atoms with E-state index in [4.69, 9.17) is 5.73 Å². The van der Waals surface area contributed by atoms with Crippen molar-refractivity contribution in [3.63, 3.8) is 0 Å². The summed E-state index contributed by atoms with van der Waals surface area (Å²) in [5, 5.41) is 0. The molecule has 2 nitrogen and oxygen atoms in total. The van der Waals surface area contributed by atoms with E-state index in [0.29, 0.717) is 0 Å². The molecular formula is C12H19BrN2. The van der Waals surface area contributed by atoms with Crippen LogP contribution < -0.4 is 10.6 Å². The molecule has 0 bridgehead atoms. The van der Waals surface area contributed by atoms with Crippen molar-refractivity contribution >= 4 is 21.6 Å². The van der Waals surface area contributed by atoms with Crippen LogP contribution in [0.1, 0.15) is 31.9 Å². The van der Waals surface area contributed by atoms with Crippen molar-refractivity contribution in [1.29, 1.82) is 0 Å². The first kappa shape index (κ1) is 12.5. The molecule has 0 unspecified atom stereocenters. The lowest BCUT2D eigenvalue weighted by molar-refractivity contribution is 0.813. The van der Waals surface area contributed by atoms with Crippen LogP contribution in [0.3, 0.4) is 0 Å². The molecule has 1 aromatic carbocycles. The van der Waals surface area contributed by atoms with Gasteiger partial charge in [0.15, 0.2) is 0 Å². The van der Waals surface area contributed by atoms with Crippen LogP contribution >= 0.6 is 15.9 Å². The van der Waals surface area contributed by atoms with Gasteiger partial charge in [-0.05, 0) is 47.0 Å². The maximum absolute atomic E-state index is 5.83. The van der Waals surface area contributed by atoms with E-state index in [1.54, 1.807) is 0 Å². The minimum Gasteiger partial charge on any atom is -0.374 e. The molecule has 3 heteroatoms. The van der Waals surface area contributed by atoms with Crippen molar-refractivity contribution in [3.8, 4) is 0 Å². The zero-order valence-electron chi connectivity index (χ0n) is 9.63. The van der Waals surface area contributed by atoms with E-state index in [1.165, 1.54) is 5.69 Å². The Balaban J connectivity index is 2.92. The van der Waals surface area contributed by atoms with Gasteiger partial charge in [0.05, 0.1) is 5.69 Å². The van der Waals surface area contributed by atoms with E-state index in [-0.39, 0.29) is 6.04 Å². The van der Waals surface area contributed by atoms with E-state index in [9.17, 15) is 0 Å². The van der Waals surface area contributed by atoms with Crippen LogP contribution in [-0.4, -0.2) is 13.6 Å². The molecule has 0 fully saturated rings. The molecule has 15 heavy (non-hydrogen) atoms. The van der Waals surface area contributed by atoms with Crippen molar-refractivity contribution in [2.45, 2.75) is 26.3 Å². The maximum atomic E-state index is 5.83. The average Bonchev–Trinajstić information content (AvgIpc) is 2.17. The number of halogens is 1. The van der Waals surface area contributed by atoms with Gasteiger partial charge in [-0.3, -0.25) is 0 Å². The highest BCUT2D eigenvalue weighted by Gasteiger charge is 2.07. The average molecular weight is 271 g/mol. The first-order chi connectivity index (χ1) is 7.06. The predicted molar refractivity (Wildman–Crippen MR) is 70.3 cm³/mol. The molecule has 84 valence electrons. The summed E-state index contributed by atoms with van der Waals surface area (Å²) in [6.45, 7) is 5.24. The fourth-order valence-electron chi connectivity index (χ4n) is 1.57. The molecule has 0 saturated heterocycles. The van der Waals surface area contributed by atoms with Gasteiger partial charge in [-0.25, -0.2) is 0 Å². The quantitative estimate of drug-likeness (QED) is 0.910. The van der Waals surface area contributed by atoms with Crippen LogP contribution in [0.25, 0.3) is 0 Å². The summed E-state index contributed by atoms with van der Waals surface area (Å²) in [5.41, 5.74) is 8.22. The lowest BCUT2D eigenvalue weighted by Crippen LogP contribution is -2.18. The molecule has 0 saturated carbocycles. The molecule has 1 aromatic rings. The van der Waals surface area contributed by atoms with Crippen LogP contribution in [0.4, 0.5) is 5.69 Å². The summed E-state index contributed by atoms with van der Waals surface area (Å²) in [6.07, 6.45) is 1.15. The summed E-state index contributed by atoms with van der Waals surface area (Å²) in [5.74, 6) is 0. The first-order valence-corrected chi connectivity index (χ1v) is 6.11. The number of nitrogens with zero attached hydrogens (tertiary/aromatic N) is 1. The van der Waals surface area contributed by atoms with Gasteiger partial charge < -0.3 is 10.6 Å². The van der Waals surface area contributed by atoms with Gasteiger partial charge in [-0.15, -0.1) is 0 Å². The van der Waals surface area contributed by atoms with Gasteiger partial charge in [-0.1, -0.05) is 13.0 Å². The van der Waals surface area contributed by atoms with Gasteiger partial charge in [-0.2, -0.15) is 0 Å². The van der Waals surface area contributed by atoms with Crippen molar-refractivity contribution in [2.75, 3.05) is 18.5 Å². The zero-order chi connectivity index (χ0) is 11.4. The van der Waals surface area contributed by atoms with Crippen LogP contribution in [-0.2, 0) is 0 Å². The topological polar surface area (TPSA) is 29.3 Å². The van der Waals surface area contributed by atoms with Crippen molar-refractivity contribution < 1.29 is 0 Å². The zero-order valence-corrected chi connectivity index (χ0v) is 11.2. The Bertz CT molecular complexity index is 323. The van der Waals surface area contributed by atoms with Gasteiger partial charge in [0.25, 0.3) is 0 Å².